The summed E-state index contributed by atoms with van der Waals surface area (Å²) >= 11 is 6.19. The monoisotopic (exact) mass is 493 g/mol. The molecule has 0 N–H and O–H groups in total. The van der Waals surface area contributed by atoms with E-state index >= 15 is 0 Å². The predicted octanol–water partition coefficient (Wildman–Crippen LogP) is 5.34. The van der Waals surface area contributed by atoms with Gasteiger partial charge in [0.05, 0.1) is 29.2 Å². The van der Waals surface area contributed by atoms with E-state index in [4.69, 9.17) is 21.3 Å². The van der Waals surface area contributed by atoms with Gasteiger partial charge in [0.25, 0.3) is 11.5 Å². The van der Waals surface area contributed by atoms with Gasteiger partial charge in [0, 0.05) is 24.2 Å². The summed E-state index contributed by atoms with van der Waals surface area (Å²) in [4.78, 5) is 33.5. The highest BCUT2D eigenvalue weighted by atomic mass is 35.5. The molecule has 1 unspecified atom stereocenters. The number of methoxy groups -OCH3 is 1. The van der Waals surface area contributed by atoms with Crippen LogP contribution in [0.3, 0.4) is 0 Å². The van der Waals surface area contributed by atoms with Crippen molar-refractivity contribution in [2.45, 2.75) is 19.9 Å². The molecule has 0 aliphatic carbocycles. The molecule has 4 aromatic rings. The van der Waals surface area contributed by atoms with Crippen LogP contribution in [0.15, 0.2) is 71.5 Å². The van der Waals surface area contributed by atoms with Crippen LogP contribution in [0.4, 0.5) is 4.39 Å². The molecule has 1 amide bonds. The largest absolute Gasteiger partial charge is 0.383 e. The Bertz CT molecular complexity index is 1440. The molecule has 4 rings (SSSR count). The van der Waals surface area contributed by atoms with E-state index < -0.39 is 17.8 Å². The van der Waals surface area contributed by atoms with Gasteiger partial charge in [-0.1, -0.05) is 35.4 Å². The number of hydrogen-bond acceptors (Lipinski definition) is 4. The van der Waals surface area contributed by atoms with Gasteiger partial charge in [-0.25, -0.2) is 9.37 Å². The minimum absolute atomic E-state index is 0.195. The smallest absolute Gasteiger partial charge is 0.266 e. The van der Waals surface area contributed by atoms with Crippen LogP contribution >= 0.6 is 11.6 Å². The van der Waals surface area contributed by atoms with Crippen LogP contribution in [0.2, 0.25) is 5.02 Å². The quantitative estimate of drug-likeness (QED) is 0.349. The fourth-order valence-electron chi connectivity index (χ4n) is 3.99. The highest BCUT2D eigenvalue weighted by Crippen LogP contribution is 2.26. The molecule has 1 heterocycles. The Morgan fingerprint density at radius 2 is 1.89 bits per heavy atom. The maximum Gasteiger partial charge on any atom is 0.266 e. The van der Waals surface area contributed by atoms with Crippen molar-refractivity contribution in [1.82, 2.24) is 14.5 Å². The van der Waals surface area contributed by atoms with Crippen molar-refractivity contribution >= 4 is 28.4 Å². The first-order chi connectivity index (χ1) is 16.8. The topological polar surface area (TPSA) is 64.4 Å². The molecule has 3 aromatic carbocycles. The zero-order chi connectivity index (χ0) is 25.1. The number of aromatic nitrogens is 2. The third-order valence-electron chi connectivity index (χ3n) is 5.86. The summed E-state index contributed by atoms with van der Waals surface area (Å²) in [5.41, 5.74) is 2.01. The van der Waals surface area contributed by atoms with E-state index in [0.29, 0.717) is 27.4 Å². The number of fused-ring (bicyclic) bond motifs is 1. The molecule has 0 saturated heterocycles. The molecular weight excluding hydrogens is 469 g/mol. The Kier molecular flexibility index (Phi) is 7.28. The molecule has 35 heavy (non-hydrogen) atoms. The minimum Gasteiger partial charge on any atom is -0.383 e. The van der Waals surface area contributed by atoms with E-state index in [1.165, 1.54) is 34.8 Å². The van der Waals surface area contributed by atoms with Gasteiger partial charge in [-0.05, 0) is 62.4 Å². The van der Waals surface area contributed by atoms with Crippen LogP contribution in [0.25, 0.3) is 16.6 Å². The Hall–Kier alpha value is -3.55. The standard InChI is InChI=1S/C27H25ClFN3O3/c1-17-7-10-22(11-8-17)32-25(30-24-16-20(28)9-12-23(24)27(32)34)18(2)31(13-14-35-3)26(33)19-5-4-6-21(29)15-19/h4-12,15-16,18H,13-14H2,1-3H3. The van der Waals surface area contributed by atoms with Crippen LogP contribution in [0, 0.1) is 12.7 Å². The molecule has 0 fully saturated rings. The molecular formula is C27H25ClFN3O3. The minimum atomic E-state index is -0.654. The molecule has 0 bridgehead atoms. The SMILES string of the molecule is COCCN(C(=O)c1cccc(F)c1)C(C)c1nc2cc(Cl)ccc2c(=O)n1-c1ccc(C)cc1. The highest BCUT2D eigenvalue weighted by Gasteiger charge is 2.28. The molecule has 0 radical (unpaired) electrons. The summed E-state index contributed by atoms with van der Waals surface area (Å²) in [6.07, 6.45) is 0. The normalized spacial score (nSPS) is 12.0. The number of carbonyl (C=O) groups excluding carboxylic acids is 1. The van der Waals surface area contributed by atoms with E-state index in [1.807, 2.05) is 31.2 Å². The molecule has 0 spiro atoms. The van der Waals surface area contributed by atoms with Gasteiger partial charge in [0.15, 0.2) is 0 Å². The van der Waals surface area contributed by atoms with Crippen molar-refractivity contribution in [3.63, 3.8) is 0 Å². The van der Waals surface area contributed by atoms with Crippen molar-refractivity contribution in [3.05, 3.63) is 105 Å². The van der Waals surface area contributed by atoms with Gasteiger partial charge < -0.3 is 9.64 Å². The number of benzene rings is 3. The van der Waals surface area contributed by atoms with Crippen molar-refractivity contribution in [2.75, 3.05) is 20.3 Å². The molecule has 8 heteroatoms. The van der Waals surface area contributed by atoms with E-state index in [2.05, 4.69) is 0 Å². The molecule has 1 atom stereocenters. The van der Waals surface area contributed by atoms with Crippen molar-refractivity contribution in [2.24, 2.45) is 0 Å². The highest BCUT2D eigenvalue weighted by molar-refractivity contribution is 6.31. The van der Waals surface area contributed by atoms with Crippen LogP contribution in [0.1, 0.15) is 34.7 Å². The molecule has 0 aliphatic heterocycles. The third-order valence-corrected chi connectivity index (χ3v) is 6.09. The second-order valence-corrected chi connectivity index (χ2v) is 8.72. The third kappa shape index (κ3) is 5.11. The second-order valence-electron chi connectivity index (χ2n) is 8.29. The van der Waals surface area contributed by atoms with Crippen molar-refractivity contribution in [1.29, 1.82) is 0 Å². The number of amides is 1. The number of carbonyl (C=O) groups is 1. The van der Waals surface area contributed by atoms with Crippen LogP contribution < -0.4 is 5.56 Å². The van der Waals surface area contributed by atoms with Gasteiger partial charge in [-0.3, -0.25) is 14.2 Å². The zero-order valence-corrected chi connectivity index (χ0v) is 20.4. The first-order valence-corrected chi connectivity index (χ1v) is 11.5. The maximum absolute atomic E-state index is 13.9. The fourth-order valence-corrected chi connectivity index (χ4v) is 4.15. The summed E-state index contributed by atoms with van der Waals surface area (Å²) in [6.45, 7) is 4.21. The molecule has 6 nitrogen and oxygen atoms in total. The summed E-state index contributed by atoms with van der Waals surface area (Å²) < 4.78 is 20.6. The maximum atomic E-state index is 13.9. The second kappa shape index (κ2) is 10.4. The average Bonchev–Trinajstić information content (AvgIpc) is 2.84. The number of ether oxygens (including phenoxy) is 1. The van der Waals surface area contributed by atoms with Crippen LogP contribution in [-0.2, 0) is 4.74 Å². The van der Waals surface area contributed by atoms with Gasteiger partial charge in [0.2, 0.25) is 0 Å². The van der Waals surface area contributed by atoms with E-state index in [1.54, 1.807) is 31.2 Å². The van der Waals surface area contributed by atoms with Gasteiger partial charge in [-0.2, -0.15) is 0 Å². The first kappa shape index (κ1) is 24.6. The number of aryl methyl sites for hydroxylation is 1. The van der Waals surface area contributed by atoms with Gasteiger partial charge >= 0.3 is 0 Å². The Morgan fingerprint density at radius 1 is 1.14 bits per heavy atom. The summed E-state index contributed by atoms with van der Waals surface area (Å²) in [6, 6.07) is 17.3. The lowest BCUT2D eigenvalue weighted by atomic mass is 10.1. The van der Waals surface area contributed by atoms with E-state index in [-0.39, 0.29) is 24.3 Å². The van der Waals surface area contributed by atoms with Crippen LogP contribution in [0.5, 0.6) is 0 Å². The number of hydrogen-bond donors (Lipinski definition) is 0. The van der Waals surface area contributed by atoms with Gasteiger partial charge in [-0.15, -0.1) is 0 Å². The Balaban J connectivity index is 1.92. The summed E-state index contributed by atoms with van der Waals surface area (Å²) in [5.74, 6) is -0.551. The zero-order valence-electron chi connectivity index (χ0n) is 19.7. The number of halogens is 2. The lowest BCUT2D eigenvalue weighted by Gasteiger charge is -2.30. The van der Waals surface area contributed by atoms with Crippen molar-refractivity contribution in [3.8, 4) is 5.69 Å². The molecule has 0 saturated carbocycles. The Labute approximate surface area is 207 Å². The first-order valence-electron chi connectivity index (χ1n) is 11.1. The number of rotatable bonds is 7. The van der Waals surface area contributed by atoms with Crippen LogP contribution in [-0.4, -0.2) is 40.6 Å². The summed E-state index contributed by atoms with van der Waals surface area (Å²) in [7, 11) is 1.54. The summed E-state index contributed by atoms with van der Waals surface area (Å²) in [5, 5.41) is 0.856. The van der Waals surface area contributed by atoms with Crippen molar-refractivity contribution < 1.29 is 13.9 Å². The number of nitrogens with zero attached hydrogens (tertiary/aromatic N) is 3. The molecule has 1 aromatic heterocycles. The van der Waals surface area contributed by atoms with Gasteiger partial charge in [0.1, 0.15) is 11.6 Å². The lowest BCUT2D eigenvalue weighted by Crippen LogP contribution is -2.39. The Morgan fingerprint density at radius 3 is 2.57 bits per heavy atom. The average molecular weight is 494 g/mol. The fraction of sp³-hybridized carbons (Fsp3) is 0.222. The van der Waals surface area contributed by atoms with E-state index in [9.17, 15) is 14.0 Å². The van der Waals surface area contributed by atoms with E-state index in [0.717, 1.165) is 5.56 Å². The molecule has 0 aliphatic rings. The molecule has 180 valence electrons. The lowest BCUT2D eigenvalue weighted by molar-refractivity contribution is 0.0605. The predicted molar refractivity (Wildman–Crippen MR) is 135 cm³/mol.